The number of aromatic nitrogens is 8. The summed E-state index contributed by atoms with van der Waals surface area (Å²) in [4.78, 5) is 47.1. The van der Waals surface area contributed by atoms with Crippen LogP contribution in [0.15, 0.2) is 49.6 Å². The fraction of sp³-hybridized carbons (Fsp3) is 0.176. The minimum Gasteiger partial charge on any atom is -0.550 e. The van der Waals surface area contributed by atoms with Gasteiger partial charge in [0.1, 0.15) is 0 Å². The van der Waals surface area contributed by atoms with Gasteiger partial charge >= 0.3 is 19.5 Å². The summed E-state index contributed by atoms with van der Waals surface area (Å²) < 4.78 is 0. The van der Waals surface area contributed by atoms with Crippen LogP contribution in [0.25, 0.3) is 23.3 Å². The summed E-state index contributed by atoms with van der Waals surface area (Å²) in [6.45, 7) is 0. The SMILES string of the molecule is O.O.O.O.O=C([O-])CCCC(=O)[O-].[OH3+].[OH3+].[Zn+2].c1c[nH]c(-c2ncc[nH]2)n1.c1c[nH]c(-c2ncc[nH]2)n1. The van der Waals surface area contributed by atoms with Gasteiger partial charge in [0.15, 0.2) is 23.3 Å². The van der Waals surface area contributed by atoms with Crippen molar-refractivity contribution < 1.29 is 72.1 Å². The van der Waals surface area contributed by atoms with Crippen LogP contribution in [0.2, 0.25) is 0 Å². The van der Waals surface area contributed by atoms with Crippen molar-refractivity contribution in [3.8, 4) is 23.3 Å². The molecule has 0 fully saturated rings. The van der Waals surface area contributed by atoms with Crippen LogP contribution in [0.1, 0.15) is 19.3 Å². The molecule has 200 valence electrons. The van der Waals surface area contributed by atoms with Crippen LogP contribution < -0.4 is 10.2 Å². The van der Waals surface area contributed by atoms with Gasteiger partial charge < -0.3 is 72.6 Å². The third-order valence-corrected chi connectivity index (χ3v) is 3.20. The number of hydrogen-bond acceptors (Lipinski definition) is 8. The van der Waals surface area contributed by atoms with Crippen molar-refractivity contribution in [1.29, 1.82) is 0 Å². The first-order valence-corrected chi connectivity index (χ1v) is 8.44. The van der Waals surface area contributed by atoms with Gasteiger partial charge in [-0.15, -0.1) is 0 Å². The minimum absolute atomic E-state index is 0. The molecule has 4 aromatic heterocycles. The van der Waals surface area contributed by atoms with Gasteiger partial charge in [-0.1, -0.05) is 0 Å². The number of carboxylic acid groups (broad SMARTS) is 2. The van der Waals surface area contributed by atoms with Crippen molar-refractivity contribution in [2.45, 2.75) is 19.3 Å². The number of nitrogens with zero attached hydrogens (tertiary/aromatic N) is 4. The molecule has 18 N–H and O–H groups in total. The Labute approximate surface area is 216 Å². The van der Waals surface area contributed by atoms with Crippen molar-refractivity contribution in [2.24, 2.45) is 0 Å². The molecular formula is C17H32N8O10Zn+2. The fourth-order valence-corrected chi connectivity index (χ4v) is 1.96. The zero-order valence-electron chi connectivity index (χ0n) is 19.0. The van der Waals surface area contributed by atoms with Crippen LogP contribution in [0, 0.1) is 0 Å². The molecular weight excluding hydrogens is 542 g/mol. The first kappa shape index (κ1) is 45.6. The number of hydrogen-bond donors (Lipinski definition) is 4. The number of rotatable bonds is 6. The van der Waals surface area contributed by atoms with Gasteiger partial charge in [0.2, 0.25) is 0 Å². The molecule has 0 bridgehead atoms. The molecule has 4 aromatic rings. The van der Waals surface area contributed by atoms with Crippen LogP contribution >= 0.6 is 0 Å². The molecule has 0 saturated carbocycles. The molecule has 19 heteroatoms. The van der Waals surface area contributed by atoms with E-state index in [1.165, 1.54) is 0 Å². The molecule has 0 aliphatic heterocycles. The minimum atomic E-state index is -1.23. The number of aromatic amines is 4. The van der Waals surface area contributed by atoms with E-state index < -0.39 is 11.9 Å². The van der Waals surface area contributed by atoms with Gasteiger partial charge in [-0.2, -0.15) is 0 Å². The third-order valence-electron chi connectivity index (χ3n) is 3.20. The number of carbonyl (C=O) groups is 2. The van der Waals surface area contributed by atoms with Gasteiger partial charge in [0.05, 0.1) is 0 Å². The van der Waals surface area contributed by atoms with Gasteiger partial charge in [-0.05, 0) is 19.3 Å². The predicted molar refractivity (Wildman–Crippen MR) is 120 cm³/mol. The predicted octanol–water partition coefficient (Wildman–Crippen LogP) is -5.89. The first-order valence-electron chi connectivity index (χ1n) is 8.44. The largest absolute Gasteiger partial charge is 2.00 e. The normalized spacial score (nSPS) is 7.78. The van der Waals surface area contributed by atoms with Crippen LogP contribution in [-0.4, -0.2) is 73.7 Å². The number of H-pyrrole nitrogens is 4. The summed E-state index contributed by atoms with van der Waals surface area (Å²) in [6.07, 6.45) is 13.5. The molecule has 4 rings (SSSR count). The molecule has 0 atom stereocenters. The Bertz CT molecular complexity index is 809. The summed E-state index contributed by atoms with van der Waals surface area (Å²) in [7, 11) is 0. The molecule has 0 unspecified atom stereocenters. The smallest absolute Gasteiger partial charge is 0.550 e. The molecule has 0 amide bonds. The number of aliphatic carboxylic acids is 2. The average Bonchev–Trinajstić information content (AvgIpc) is 3.52. The van der Waals surface area contributed by atoms with Gasteiger partial charge in [0.25, 0.3) is 0 Å². The number of carbonyl (C=O) groups excluding carboxylic acids is 2. The summed E-state index contributed by atoms with van der Waals surface area (Å²) in [5.74, 6) is 0.623. The molecule has 0 saturated heterocycles. The van der Waals surface area contributed by atoms with Crippen LogP contribution in [0.3, 0.4) is 0 Å². The van der Waals surface area contributed by atoms with E-state index in [1.807, 2.05) is 0 Å². The molecule has 0 aliphatic carbocycles. The molecule has 0 aromatic carbocycles. The number of imidazole rings is 4. The summed E-state index contributed by atoms with van der Waals surface area (Å²) in [6, 6.07) is 0. The van der Waals surface area contributed by atoms with Crippen LogP contribution in [-0.2, 0) is 40.0 Å². The molecule has 18 nitrogen and oxygen atoms in total. The van der Waals surface area contributed by atoms with Crippen molar-refractivity contribution in [3.05, 3.63) is 49.6 Å². The topological polar surface area (TPSA) is 387 Å². The standard InChI is InChI=1S/2C6H6N4.C5H8O4.6H2O.Zn/c2*1-2-8-5(7-1)6-9-3-4-10-6;6-4(7)2-1-3-5(8)9;;;;;;;/h2*1-4H,(H,7,8)(H,9,10);1-3H2,(H,6,7)(H,8,9);6*1H2;/q;;;;;;;;;+2. The summed E-state index contributed by atoms with van der Waals surface area (Å²) in [5, 5.41) is 19.3. The van der Waals surface area contributed by atoms with Crippen molar-refractivity contribution in [1.82, 2.24) is 39.9 Å². The Hall–Kier alpha value is -3.84. The summed E-state index contributed by atoms with van der Waals surface area (Å²) >= 11 is 0. The van der Waals surface area contributed by atoms with E-state index in [9.17, 15) is 19.8 Å². The van der Waals surface area contributed by atoms with Crippen molar-refractivity contribution in [3.63, 3.8) is 0 Å². The molecule has 0 aliphatic rings. The Morgan fingerprint density at radius 3 is 0.944 bits per heavy atom. The fourth-order valence-electron chi connectivity index (χ4n) is 1.96. The maximum atomic E-state index is 9.66. The van der Waals surface area contributed by atoms with E-state index in [-0.39, 0.29) is 71.6 Å². The number of carboxylic acids is 2. The van der Waals surface area contributed by atoms with Crippen LogP contribution in [0.4, 0.5) is 0 Å². The molecule has 36 heavy (non-hydrogen) atoms. The molecule has 4 heterocycles. The van der Waals surface area contributed by atoms with E-state index in [0.29, 0.717) is 0 Å². The van der Waals surface area contributed by atoms with Gasteiger partial charge in [0, 0.05) is 61.5 Å². The Kier molecular flexibility index (Phi) is 32.7. The van der Waals surface area contributed by atoms with Crippen molar-refractivity contribution in [2.75, 3.05) is 0 Å². The maximum Gasteiger partial charge on any atom is 2.00 e. The third kappa shape index (κ3) is 17.6. The van der Waals surface area contributed by atoms with Crippen molar-refractivity contribution >= 4 is 11.9 Å². The Morgan fingerprint density at radius 2 is 0.806 bits per heavy atom. The maximum absolute atomic E-state index is 9.66. The second kappa shape index (κ2) is 25.8. The number of nitrogens with one attached hydrogen (secondary N) is 4. The van der Waals surface area contributed by atoms with Gasteiger partial charge in [-0.25, -0.2) is 19.9 Å². The van der Waals surface area contributed by atoms with E-state index >= 15 is 0 Å². The van der Waals surface area contributed by atoms with E-state index in [0.717, 1.165) is 23.3 Å². The average molecular weight is 574 g/mol. The van der Waals surface area contributed by atoms with E-state index in [1.54, 1.807) is 49.6 Å². The summed E-state index contributed by atoms with van der Waals surface area (Å²) in [5.41, 5.74) is 0. The first-order chi connectivity index (χ1) is 14.1. The second-order valence-electron chi connectivity index (χ2n) is 5.35. The Morgan fingerprint density at radius 1 is 0.583 bits per heavy atom. The molecule has 0 spiro atoms. The van der Waals surface area contributed by atoms with E-state index in [2.05, 4.69) is 39.9 Å². The van der Waals surface area contributed by atoms with Gasteiger partial charge in [-0.3, -0.25) is 0 Å². The van der Waals surface area contributed by atoms with E-state index in [4.69, 9.17) is 0 Å². The zero-order chi connectivity index (χ0) is 20.9. The molecule has 0 radical (unpaired) electrons. The van der Waals surface area contributed by atoms with Crippen LogP contribution in [0.5, 0.6) is 0 Å². The Balaban J connectivity index is -0.0000000857. The monoisotopic (exact) mass is 572 g/mol. The zero-order valence-corrected chi connectivity index (χ0v) is 22.0. The second-order valence-corrected chi connectivity index (χ2v) is 5.35. The quantitative estimate of drug-likeness (QED) is 0.127.